The van der Waals surface area contributed by atoms with Gasteiger partial charge in [-0.05, 0) is 30.9 Å². The molecule has 2 aromatic rings. The summed E-state index contributed by atoms with van der Waals surface area (Å²) in [6, 6.07) is 7.35. The van der Waals surface area contributed by atoms with Crippen molar-refractivity contribution in [3.05, 3.63) is 35.2 Å². The second-order valence-electron chi connectivity index (χ2n) is 4.60. The molecule has 1 N–H and O–H groups in total. The summed E-state index contributed by atoms with van der Waals surface area (Å²) < 4.78 is 5.14. The average Bonchev–Trinajstić information content (AvgIpc) is 3.12. The lowest BCUT2D eigenvalue weighted by Gasteiger charge is -2.03. The molecule has 1 aliphatic rings. The smallest absolute Gasteiger partial charge is 0.229 e. The Morgan fingerprint density at radius 3 is 2.89 bits per heavy atom. The van der Waals surface area contributed by atoms with Crippen LogP contribution in [0.15, 0.2) is 28.8 Å². The van der Waals surface area contributed by atoms with Crippen LogP contribution in [-0.2, 0) is 6.42 Å². The predicted molar refractivity (Wildman–Crippen MR) is 67.2 cm³/mol. The van der Waals surface area contributed by atoms with Crippen molar-refractivity contribution < 1.29 is 9.63 Å². The van der Waals surface area contributed by atoms with Gasteiger partial charge in [0.15, 0.2) is 0 Å². The van der Waals surface area contributed by atoms with Crippen LogP contribution in [0.4, 0.5) is 0 Å². The summed E-state index contributed by atoms with van der Waals surface area (Å²) in [6.07, 6.45) is 2.23. The predicted octanol–water partition coefficient (Wildman–Crippen LogP) is 2.70. The number of aliphatic hydroxyl groups excluding tert-OH is 1. The van der Waals surface area contributed by atoms with Crippen LogP contribution in [0.25, 0.3) is 11.4 Å². The highest BCUT2D eigenvalue weighted by atomic mass is 35.5. The van der Waals surface area contributed by atoms with Crippen LogP contribution in [-0.4, -0.2) is 21.4 Å². The van der Waals surface area contributed by atoms with Crippen LogP contribution < -0.4 is 0 Å². The minimum Gasteiger partial charge on any atom is -0.392 e. The van der Waals surface area contributed by atoms with Gasteiger partial charge in [-0.3, -0.25) is 0 Å². The van der Waals surface area contributed by atoms with E-state index in [0.29, 0.717) is 29.1 Å². The first-order valence-corrected chi connectivity index (χ1v) is 6.37. The summed E-state index contributed by atoms with van der Waals surface area (Å²) in [5, 5.41) is 14.3. The molecule has 1 aromatic carbocycles. The summed E-state index contributed by atoms with van der Waals surface area (Å²) in [5.41, 5.74) is 0.745. The van der Waals surface area contributed by atoms with E-state index in [0.717, 1.165) is 18.4 Å². The molecule has 0 bridgehead atoms. The van der Waals surface area contributed by atoms with Crippen LogP contribution >= 0.6 is 11.6 Å². The highest BCUT2D eigenvalue weighted by molar-refractivity contribution is 6.33. The lowest BCUT2D eigenvalue weighted by Crippen LogP contribution is -2.12. The van der Waals surface area contributed by atoms with Crippen molar-refractivity contribution in [2.75, 3.05) is 0 Å². The fraction of sp³-hybridized carbons (Fsp3) is 0.385. The van der Waals surface area contributed by atoms with E-state index in [1.54, 1.807) is 6.07 Å². The Labute approximate surface area is 110 Å². The Kier molecular flexibility index (Phi) is 3.06. The first-order valence-electron chi connectivity index (χ1n) is 5.99. The van der Waals surface area contributed by atoms with Crippen molar-refractivity contribution in [3.8, 4) is 11.4 Å². The number of halogens is 1. The van der Waals surface area contributed by atoms with Crippen LogP contribution in [0, 0.1) is 5.92 Å². The number of hydrogen-bond acceptors (Lipinski definition) is 4. The molecule has 5 heteroatoms. The summed E-state index contributed by atoms with van der Waals surface area (Å²) in [6.45, 7) is 0. The maximum Gasteiger partial charge on any atom is 0.229 e. The van der Waals surface area contributed by atoms with E-state index in [4.69, 9.17) is 16.1 Å². The second kappa shape index (κ2) is 4.71. The van der Waals surface area contributed by atoms with Crippen molar-refractivity contribution in [2.24, 2.45) is 5.92 Å². The molecule has 1 unspecified atom stereocenters. The maximum absolute atomic E-state index is 9.82. The minimum atomic E-state index is -0.371. The van der Waals surface area contributed by atoms with Gasteiger partial charge in [-0.25, -0.2) is 0 Å². The van der Waals surface area contributed by atoms with Gasteiger partial charge in [-0.15, -0.1) is 0 Å². The maximum atomic E-state index is 9.82. The summed E-state index contributed by atoms with van der Waals surface area (Å²) >= 11 is 6.06. The molecule has 4 nitrogen and oxygen atoms in total. The van der Waals surface area contributed by atoms with Gasteiger partial charge in [0.2, 0.25) is 11.7 Å². The topological polar surface area (TPSA) is 59.2 Å². The zero-order valence-electron chi connectivity index (χ0n) is 9.71. The van der Waals surface area contributed by atoms with Crippen LogP contribution in [0.2, 0.25) is 5.02 Å². The zero-order chi connectivity index (χ0) is 12.5. The lowest BCUT2D eigenvalue weighted by molar-refractivity contribution is 0.140. The Morgan fingerprint density at radius 2 is 2.17 bits per heavy atom. The molecule has 1 heterocycles. The van der Waals surface area contributed by atoms with Gasteiger partial charge in [0.05, 0.1) is 17.5 Å². The molecule has 0 spiro atoms. The van der Waals surface area contributed by atoms with Gasteiger partial charge in [0, 0.05) is 5.56 Å². The largest absolute Gasteiger partial charge is 0.392 e. The Bertz CT molecular complexity index is 551. The number of nitrogens with zero attached hydrogens (tertiary/aromatic N) is 2. The Balaban J connectivity index is 1.78. The molecule has 0 aliphatic heterocycles. The van der Waals surface area contributed by atoms with E-state index >= 15 is 0 Å². The average molecular weight is 265 g/mol. The summed E-state index contributed by atoms with van der Waals surface area (Å²) in [7, 11) is 0. The molecule has 1 aliphatic carbocycles. The molecule has 18 heavy (non-hydrogen) atoms. The van der Waals surface area contributed by atoms with E-state index in [1.807, 2.05) is 18.2 Å². The molecule has 1 atom stereocenters. The van der Waals surface area contributed by atoms with Gasteiger partial charge in [-0.1, -0.05) is 28.9 Å². The van der Waals surface area contributed by atoms with Gasteiger partial charge in [0.1, 0.15) is 0 Å². The molecular weight excluding hydrogens is 252 g/mol. The monoisotopic (exact) mass is 264 g/mol. The van der Waals surface area contributed by atoms with E-state index < -0.39 is 0 Å². The normalized spacial score (nSPS) is 16.8. The molecular formula is C13H13ClN2O2. The van der Waals surface area contributed by atoms with Gasteiger partial charge < -0.3 is 9.63 Å². The third-order valence-electron chi connectivity index (χ3n) is 3.13. The third kappa shape index (κ3) is 2.40. The van der Waals surface area contributed by atoms with Crippen molar-refractivity contribution in [2.45, 2.75) is 25.4 Å². The van der Waals surface area contributed by atoms with Crippen molar-refractivity contribution >= 4 is 11.6 Å². The van der Waals surface area contributed by atoms with Gasteiger partial charge >= 0.3 is 0 Å². The van der Waals surface area contributed by atoms with Crippen molar-refractivity contribution in [1.29, 1.82) is 0 Å². The molecule has 0 radical (unpaired) electrons. The standard InChI is InChI=1S/C13H13ClN2O2/c14-10-4-2-1-3-9(10)13-15-12(18-16-13)7-11(17)8-5-6-8/h1-4,8,11,17H,5-7H2. The molecule has 1 saturated carbocycles. The molecule has 3 rings (SSSR count). The molecule has 1 aromatic heterocycles. The van der Waals surface area contributed by atoms with Gasteiger partial charge in [-0.2, -0.15) is 4.98 Å². The minimum absolute atomic E-state index is 0.371. The Hall–Kier alpha value is -1.39. The Morgan fingerprint density at radius 1 is 1.39 bits per heavy atom. The summed E-state index contributed by atoms with van der Waals surface area (Å²) in [5.74, 6) is 1.34. The highest BCUT2D eigenvalue weighted by Crippen LogP contribution is 2.34. The first kappa shape index (κ1) is 11.7. The highest BCUT2D eigenvalue weighted by Gasteiger charge is 2.31. The van der Waals surface area contributed by atoms with E-state index in [1.165, 1.54) is 0 Å². The first-order chi connectivity index (χ1) is 8.74. The fourth-order valence-electron chi connectivity index (χ4n) is 1.92. The van der Waals surface area contributed by atoms with Crippen LogP contribution in [0.1, 0.15) is 18.7 Å². The van der Waals surface area contributed by atoms with Crippen LogP contribution in [0.3, 0.4) is 0 Å². The quantitative estimate of drug-likeness (QED) is 0.922. The number of rotatable bonds is 4. The number of benzene rings is 1. The fourth-order valence-corrected chi connectivity index (χ4v) is 2.14. The van der Waals surface area contributed by atoms with E-state index in [-0.39, 0.29) is 6.10 Å². The SMILES string of the molecule is OC(Cc1nc(-c2ccccc2Cl)no1)C1CC1. The molecule has 0 amide bonds. The third-order valence-corrected chi connectivity index (χ3v) is 3.46. The number of aliphatic hydroxyl groups is 1. The zero-order valence-corrected chi connectivity index (χ0v) is 10.5. The molecule has 1 fully saturated rings. The van der Waals surface area contributed by atoms with Crippen molar-refractivity contribution in [1.82, 2.24) is 10.1 Å². The van der Waals surface area contributed by atoms with E-state index in [9.17, 15) is 5.11 Å². The lowest BCUT2D eigenvalue weighted by atomic mass is 10.1. The summed E-state index contributed by atoms with van der Waals surface area (Å²) in [4.78, 5) is 4.27. The second-order valence-corrected chi connectivity index (χ2v) is 5.01. The van der Waals surface area contributed by atoms with Gasteiger partial charge in [0.25, 0.3) is 0 Å². The van der Waals surface area contributed by atoms with E-state index in [2.05, 4.69) is 10.1 Å². The van der Waals surface area contributed by atoms with Crippen molar-refractivity contribution in [3.63, 3.8) is 0 Å². The number of hydrogen-bond donors (Lipinski definition) is 1. The number of aromatic nitrogens is 2. The van der Waals surface area contributed by atoms with Crippen LogP contribution in [0.5, 0.6) is 0 Å². The molecule has 94 valence electrons. The molecule has 0 saturated heterocycles.